The Labute approximate surface area is 152 Å². The molecule has 0 amide bonds. The van der Waals surface area contributed by atoms with Gasteiger partial charge in [-0.15, -0.1) is 0 Å². The Morgan fingerprint density at radius 1 is 0.423 bits per heavy atom. The molecule has 1 nitrogen and oxygen atoms in total. The molecule has 0 fully saturated rings. The lowest BCUT2D eigenvalue weighted by molar-refractivity contribution is 0.874. The molecule has 26 heavy (non-hydrogen) atoms. The Bertz CT molecular complexity index is 1200. The molecule has 1 heteroatoms. The van der Waals surface area contributed by atoms with E-state index < -0.39 is 0 Å². The molecular formula is C25H19N. The summed E-state index contributed by atoms with van der Waals surface area (Å²) in [5.41, 5.74) is 8.84. The molecule has 1 atom stereocenters. The largest absolute Gasteiger partial charge is 0.320 e. The van der Waals surface area contributed by atoms with Gasteiger partial charge < -0.3 is 5.73 Å². The molecule has 124 valence electrons. The van der Waals surface area contributed by atoms with E-state index in [0.29, 0.717) is 0 Å². The van der Waals surface area contributed by atoms with Crippen LogP contribution in [0.2, 0.25) is 0 Å². The molecule has 0 aromatic heterocycles. The SMILES string of the molecule is NC(c1ccccc1)c1ccc2c3ccccc3c3ccccc3c2c1. The molecule has 0 saturated carbocycles. The van der Waals surface area contributed by atoms with Crippen LogP contribution in [0.4, 0.5) is 0 Å². The summed E-state index contributed by atoms with van der Waals surface area (Å²) in [7, 11) is 0. The third-order valence-corrected chi connectivity index (χ3v) is 5.29. The molecule has 0 aliphatic carbocycles. The molecule has 0 spiro atoms. The molecular weight excluding hydrogens is 314 g/mol. The van der Waals surface area contributed by atoms with Crippen molar-refractivity contribution in [1.29, 1.82) is 0 Å². The number of hydrogen-bond acceptors (Lipinski definition) is 1. The van der Waals surface area contributed by atoms with Crippen LogP contribution in [0.5, 0.6) is 0 Å². The smallest absolute Gasteiger partial charge is 0.0551 e. The molecule has 5 aromatic carbocycles. The number of hydrogen-bond donors (Lipinski definition) is 1. The van der Waals surface area contributed by atoms with Crippen molar-refractivity contribution in [3.05, 3.63) is 108 Å². The van der Waals surface area contributed by atoms with E-state index >= 15 is 0 Å². The molecule has 2 N–H and O–H groups in total. The fourth-order valence-electron chi connectivity index (χ4n) is 3.97. The predicted octanol–water partition coefficient (Wildman–Crippen LogP) is 6.19. The number of rotatable bonds is 2. The van der Waals surface area contributed by atoms with Crippen LogP contribution in [-0.4, -0.2) is 0 Å². The van der Waals surface area contributed by atoms with E-state index in [9.17, 15) is 0 Å². The van der Waals surface area contributed by atoms with Gasteiger partial charge in [-0.3, -0.25) is 0 Å². The maximum Gasteiger partial charge on any atom is 0.0551 e. The van der Waals surface area contributed by atoms with E-state index in [1.165, 1.54) is 32.3 Å². The van der Waals surface area contributed by atoms with Gasteiger partial charge in [-0.1, -0.05) is 91.0 Å². The standard InChI is InChI=1S/C25H19N/c26-25(17-8-2-1-3-9-17)18-14-15-23-21-12-5-4-10-19(21)20-11-6-7-13-22(20)24(23)16-18/h1-16,25H,26H2. The Morgan fingerprint density at radius 2 is 0.885 bits per heavy atom. The molecule has 5 rings (SSSR count). The van der Waals surface area contributed by atoms with Crippen LogP contribution in [-0.2, 0) is 0 Å². The van der Waals surface area contributed by atoms with Crippen molar-refractivity contribution in [3.63, 3.8) is 0 Å². The van der Waals surface area contributed by atoms with E-state index in [4.69, 9.17) is 5.73 Å². The maximum absolute atomic E-state index is 6.56. The predicted molar refractivity (Wildman–Crippen MR) is 111 cm³/mol. The van der Waals surface area contributed by atoms with E-state index in [0.717, 1.165) is 11.1 Å². The Kier molecular flexibility index (Phi) is 3.48. The highest BCUT2D eigenvalue weighted by Gasteiger charge is 2.12. The lowest BCUT2D eigenvalue weighted by Crippen LogP contribution is -2.11. The summed E-state index contributed by atoms with van der Waals surface area (Å²) in [5, 5.41) is 7.72. The molecule has 1 unspecified atom stereocenters. The highest BCUT2D eigenvalue weighted by atomic mass is 14.6. The zero-order valence-electron chi connectivity index (χ0n) is 14.4. The van der Waals surface area contributed by atoms with Gasteiger partial charge >= 0.3 is 0 Å². The third kappa shape index (κ3) is 2.29. The minimum absolute atomic E-state index is 0.120. The topological polar surface area (TPSA) is 26.0 Å². The van der Waals surface area contributed by atoms with Crippen molar-refractivity contribution >= 4 is 32.3 Å². The minimum Gasteiger partial charge on any atom is -0.320 e. The Balaban J connectivity index is 1.84. The molecule has 0 heterocycles. The first kappa shape index (κ1) is 15.1. The van der Waals surface area contributed by atoms with Gasteiger partial charge in [0.2, 0.25) is 0 Å². The van der Waals surface area contributed by atoms with E-state index in [1.807, 2.05) is 18.2 Å². The van der Waals surface area contributed by atoms with Gasteiger partial charge in [0.15, 0.2) is 0 Å². The Morgan fingerprint density at radius 3 is 1.46 bits per heavy atom. The van der Waals surface area contributed by atoms with Crippen LogP contribution >= 0.6 is 0 Å². The highest BCUT2D eigenvalue weighted by Crippen LogP contribution is 2.36. The second-order valence-corrected chi connectivity index (χ2v) is 6.78. The fraction of sp³-hybridized carbons (Fsp3) is 0.0400. The monoisotopic (exact) mass is 333 g/mol. The second kappa shape index (κ2) is 5.98. The van der Waals surface area contributed by atoms with E-state index in [2.05, 4.69) is 78.9 Å². The lowest BCUT2D eigenvalue weighted by Gasteiger charge is -2.16. The summed E-state index contributed by atoms with van der Waals surface area (Å²) in [6.07, 6.45) is 0. The molecule has 0 aliphatic heterocycles. The van der Waals surface area contributed by atoms with Crippen LogP contribution in [0, 0.1) is 0 Å². The normalized spacial score (nSPS) is 12.7. The molecule has 5 aromatic rings. The zero-order chi connectivity index (χ0) is 17.5. The van der Waals surface area contributed by atoms with Crippen LogP contribution in [0.15, 0.2) is 97.1 Å². The van der Waals surface area contributed by atoms with Gasteiger partial charge in [0.25, 0.3) is 0 Å². The average molecular weight is 333 g/mol. The number of nitrogens with two attached hydrogens (primary N) is 1. The zero-order valence-corrected chi connectivity index (χ0v) is 14.4. The van der Waals surface area contributed by atoms with Gasteiger partial charge in [0.05, 0.1) is 6.04 Å². The van der Waals surface area contributed by atoms with E-state index in [1.54, 1.807) is 0 Å². The fourth-order valence-corrected chi connectivity index (χ4v) is 3.97. The molecule has 0 radical (unpaired) electrons. The van der Waals surface area contributed by atoms with Crippen molar-refractivity contribution in [2.45, 2.75) is 6.04 Å². The first-order chi connectivity index (χ1) is 12.8. The lowest BCUT2D eigenvalue weighted by atomic mass is 9.91. The van der Waals surface area contributed by atoms with Crippen LogP contribution in [0.3, 0.4) is 0 Å². The summed E-state index contributed by atoms with van der Waals surface area (Å²) < 4.78 is 0. The first-order valence-electron chi connectivity index (χ1n) is 8.96. The minimum atomic E-state index is -0.120. The van der Waals surface area contributed by atoms with Crippen molar-refractivity contribution in [2.24, 2.45) is 5.73 Å². The maximum atomic E-state index is 6.56. The quantitative estimate of drug-likeness (QED) is 0.383. The summed E-state index contributed by atoms with van der Waals surface area (Å²) in [6, 6.07) is 34.1. The second-order valence-electron chi connectivity index (χ2n) is 6.78. The van der Waals surface area contributed by atoms with Crippen molar-refractivity contribution in [3.8, 4) is 0 Å². The van der Waals surface area contributed by atoms with Gasteiger partial charge in [-0.25, -0.2) is 0 Å². The summed E-state index contributed by atoms with van der Waals surface area (Å²) in [6.45, 7) is 0. The van der Waals surface area contributed by atoms with Crippen molar-refractivity contribution in [2.75, 3.05) is 0 Å². The number of benzene rings is 5. The van der Waals surface area contributed by atoms with Crippen molar-refractivity contribution in [1.82, 2.24) is 0 Å². The average Bonchev–Trinajstić information content (AvgIpc) is 2.74. The molecule has 0 bridgehead atoms. The van der Waals surface area contributed by atoms with Crippen molar-refractivity contribution < 1.29 is 0 Å². The highest BCUT2D eigenvalue weighted by molar-refractivity contribution is 6.25. The van der Waals surface area contributed by atoms with Gasteiger partial charge in [0.1, 0.15) is 0 Å². The first-order valence-corrected chi connectivity index (χ1v) is 8.96. The van der Waals surface area contributed by atoms with Gasteiger partial charge in [0, 0.05) is 0 Å². The molecule has 0 aliphatic rings. The van der Waals surface area contributed by atoms with Gasteiger partial charge in [-0.05, 0) is 49.5 Å². The van der Waals surface area contributed by atoms with E-state index in [-0.39, 0.29) is 6.04 Å². The summed E-state index contributed by atoms with van der Waals surface area (Å²) >= 11 is 0. The van der Waals surface area contributed by atoms with Crippen LogP contribution in [0.25, 0.3) is 32.3 Å². The van der Waals surface area contributed by atoms with Crippen LogP contribution < -0.4 is 5.73 Å². The third-order valence-electron chi connectivity index (χ3n) is 5.29. The van der Waals surface area contributed by atoms with Crippen LogP contribution in [0.1, 0.15) is 17.2 Å². The Hall–Kier alpha value is -3.16. The van der Waals surface area contributed by atoms with Gasteiger partial charge in [-0.2, -0.15) is 0 Å². The summed E-state index contributed by atoms with van der Waals surface area (Å²) in [4.78, 5) is 0. The number of fused-ring (bicyclic) bond motifs is 6. The summed E-state index contributed by atoms with van der Waals surface area (Å²) in [5.74, 6) is 0. The molecule has 0 saturated heterocycles.